The maximum absolute atomic E-state index is 6.18. The molecule has 0 saturated carbocycles. The van der Waals surface area contributed by atoms with E-state index in [2.05, 4.69) is 12.2 Å². The van der Waals surface area contributed by atoms with Gasteiger partial charge in [-0.1, -0.05) is 29.3 Å². The first-order valence-electron chi connectivity index (χ1n) is 6.43. The van der Waals surface area contributed by atoms with Gasteiger partial charge in [-0.25, -0.2) is 0 Å². The molecule has 1 saturated heterocycles. The summed E-state index contributed by atoms with van der Waals surface area (Å²) in [6, 6.07) is 6.68. The maximum atomic E-state index is 6.18. The molecule has 0 aromatic heterocycles. The number of hydrogen-bond acceptors (Lipinski definition) is 2. The van der Waals surface area contributed by atoms with E-state index in [1.807, 2.05) is 12.1 Å². The number of rotatable bonds is 4. The van der Waals surface area contributed by atoms with Crippen LogP contribution >= 0.6 is 23.2 Å². The molecule has 1 atom stereocenters. The van der Waals surface area contributed by atoms with Crippen molar-refractivity contribution in [1.82, 2.24) is 5.32 Å². The number of halogens is 2. The molecule has 1 heterocycles. The van der Waals surface area contributed by atoms with Crippen LogP contribution in [0.25, 0.3) is 0 Å². The van der Waals surface area contributed by atoms with Gasteiger partial charge in [-0.3, -0.25) is 0 Å². The third-order valence-electron chi connectivity index (χ3n) is 3.28. The van der Waals surface area contributed by atoms with Gasteiger partial charge < -0.3 is 10.1 Å². The first kappa shape index (κ1) is 14.1. The Kier molecular flexibility index (Phi) is 5.31. The van der Waals surface area contributed by atoms with Crippen LogP contribution in [-0.4, -0.2) is 25.3 Å². The Hall–Kier alpha value is -0.280. The molecule has 0 aliphatic carbocycles. The summed E-state index contributed by atoms with van der Waals surface area (Å²) in [6.07, 6.45) is 3.12. The zero-order chi connectivity index (χ0) is 13.0. The molecule has 0 spiro atoms. The number of benzene rings is 1. The fourth-order valence-corrected chi connectivity index (χ4v) is 2.83. The molecular formula is C14H19Cl2NO. The topological polar surface area (TPSA) is 21.3 Å². The zero-order valence-corrected chi connectivity index (χ0v) is 12.1. The van der Waals surface area contributed by atoms with E-state index in [1.54, 1.807) is 6.07 Å². The smallest absolute Gasteiger partial charge is 0.0480 e. The highest BCUT2D eigenvalue weighted by atomic mass is 35.5. The Morgan fingerprint density at radius 2 is 2.06 bits per heavy atom. The van der Waals surface area contributed by atoms with Crippen LogP contribution < -0.4 is 5.32 Å². The molecule has 1 aliphatic heterocycles. The van der Waals surface area contributed by atoms with Gasteiger partial charge in [-0.05, 0) is 43.9 Å². The normalized spacial score (nSPS) is 18.8. The average Bonchev–Trinajstić information content (AvgIpc) is 2.34. The summed E-state index contributed by atoms with van der Waals surface area (Å²) < 4.78 is 5.36. The van der Waals surface area contributed by atoms with Crippen molar-refractivity contribution in [2.24, 2.45) is 0 Å². The van der Waals surface area contributed by atoms with Gasteiger partial charge in [0.1, 0.15) is 0 Å². The fourth-order valence-electron chi connectivity index (χ4n) is 2.34. The van der Waals surface area contributed by atoms with Crippen LogP contribution in [0, 0.1) is 0 Å². The Morgan fingerprint density at radius 1 is 1.33 bits per heavy atom. The lowest BCUT2D eigenvalue weighted by Gasteiger charge is -2.27. The van der Waals surface area contributed by atoms with Crippen molar-refractivity contribution in [3.05, 3.63) is 33.8 Å². The molecular weight excluding hydrogens is 269 g/mol. The van der Waals surface area contributed by atoms with Crippen molar-refractivity contribution in [3.63, 3.8) is 0 Å². The van der Waals surface area contributed by atoms with Crippen molar-refractivity contribution in [1.29, 1.82) is 0 Å². The minimum absolute atomic E-state index is 0.409. The lowest BCUT2D eigenvalue weighted by molar-refractivity contribution is 0.0755. The van der Waals surface area contributed by atoms with Crippen LogP contribution in [0.3, 0.4) is 0 Å². The molecule has 2 nitrogen and oxygen atoms in total. The second kappa shape index (κ2) is 6.76. The lowest BCUT2D eigenvalue weighted by atomic mass is 10.0. The molecule has 1 fully saturated rings. The number of hydrogen-bond donors (Lipinski definition) is 1. The van der Waals surface area contributed by atoms with Crippen LogP contribution in [0.4, 0.5) is 0 Å². The summed E-state index contributed by atoms with van der Waals surface area (Å²) in [5, 5.41) is 5.08. The lowest BCUT2D eigenvalue weighted by Crippen LogP contribution is -2.41. The van der Waals surface area contributed by atoms with E-state index in [9.17, 15) is 0 Å². The molecule has 0 unspecified atom stereocenters. The van der Waals surface area contributed by atoms with E-state index in [1.165, 1.54) is 0 Å². The van der Waals surface area contributed by atoms with Crippen LogP contribution in [0.5, 0.6) is 0 Å². The Morgan fingerprint density at radius 3 is 2.72 bits per heavy atom. The maximum Gasteiger partial charge on any atom is 0.0480 e. The Labute approximate surface area is 119 Å². The van der Waals surface area contributed by atoms with E-state index < -0.39 is 0 Å². The van der Waals surface area contributed by atoms with Crippen molar-refractivity contribution in [2.75, 3.05) is 13.2 Å². The quantitative estimate of drug-likeness (QED) is 0.912. The van der Waals surface area contributed by atoms with E-state index in [-0.39, 0.29) is 0 Å². The predicted molar refractivity (Wildman–Crippen MR) is 76.6 cm³/mol. The Balaban J connectivity index is 1.87. The summed E-state index contributed by atoms with van der Waals surface area (Å²) in [5.74, 6) is 0. The molecule has 18 heavy (non-hydrogen) atoms. The molecule has 0 bridgehead atoms. The fraction of sp³-hybridized carbons (Fsp3) is 0.571. The van der Waals surface area contributed by atoms with Gasteiger partial charge >= 0.3 is 0 Å². The molecule has 0 radical (unpaired) electrons. The highest BCUT2D eigenvalue weighted by molar-refractivity contribution is 6.35. The van der Waals surface area contributed by atoms with Crippen molar-refractivity contribution < 1.29 is 4.74 Å². The van der Waals surface area contributed by atoms with Crippen LogP contribution in [-0.2, 0) is 11.2 Å². The second-order valence-electron chi connectivity index (χ2n) is 4.89. The van der Waals surface area contributed by atoms with Crippen LogP contribution in [0.2, 0.25) is 10.0 Å². The van der Waals surface area contributed by atoms with Gasteiger partial charge in [0, 0.05) is 35.3 Å². The van der Waals surface area contributed by atoms with Crippen molar-refractivity contribution in [3.8, 4) is 0 Å². The number of ether oxygens (including phenoxy) is 1. The summed E-state index contributed by atoms with van der Waals surface area (Å²) in [4.78, 5) is 0. The standard InChI is InChI=1S/C14H19Cl2NO/c1-10(17-13-4-6-18-7-5-13)8-11-2-3-12(15)9-14(11)16/h2-3,9-10,13,17H,4-8H2,1H3/t10-/m0/s1. The molecule has 1 aromatic rings. The molecule has 1 N–H and O–H groups in total. The third-order valence-corrected chi connectivity index (χ3v) is 3.87. The molecule has 4 heteroatoms. The highest BCUT2D eigenvalue weighted by Crippen LogP contribution is 2.22. The van der Waals surface area contributed by atoms with Gasteiger partial charge in [-0.2, -0.15) is 0 Å². The zero-order valence-electron chi connectivity index (χ0n) is 10.6. The van der Waals surface area contributed by atoms with Crippen LogP contribution in [0.15, 0.2) is 18.2 Å². The van der Waals surface area contributed by atoms with Crippen LogP contribution in [0.1, 0.15) is 25.3 Å². The summed E-state index contributed by atoms with van der Waals surface area (Å²) in [5.41, 5.74) is 1.15. The molecule has 1 aromatic carbocycles. The second-order valence-corrected chi connectivity index (χ2v) is 5.74. The van der Waals surface area contributed by atoms with Gasteiger partial charge in [0.25, 0.3) is 0 Å². The first-order valence-corrected chi connectivity index (χ1v) is 7.18. The van der Waals surface area contributed by atoms with Crippen molar-refractivity contribution >= 4 is 23.2 Å². The SMILES string of the molecule is C[C@@H](Cc1ccc(Cl)cc1Cl)NC1CCOCC1. The number of nitrogens with one attached hydrogen (secondary N) is 1. The Bertz CT molecular complexity index is 391. The first-order chi connectivity index (χ1) is 8.65. The molecule has 0 amide bonds. The molecule has 100 valence electrons. The van der Waals surface area contributed by atoms with Gasteiger partial charge in [0.15, 0.2) is 0 Å². The summed E-state index contributed by atoms with van der Waals surface area (Å²) in [7, 11) is 0. The largest absolute Gasteiger partial charge is 0.381 e. The van der Waals surface area contributed by atoms with Gasteiger partial charge in [-0.15, -0.1) is 0 Å². The molecule has 2 rings (SSSR count). The minimum Gasteiger partial charge on any atom is -0.381 e. The third kappa shape index (κ3) is 4.13. The minimum atomic E-state index is 0.409. The average molecular weight is 288 g/mol. The highest BCUT2D eigenvalue weighted by Gasteiger charge is 2.16. The van der Waals surface area contributed by atoms with E-state index >= 15 is 0 Å². The van der Waals surface area contributed by atoms with E-state index in [0.29, 0.717) is 17.1 Å². The van der Waals surface area contributed by atoms with Crippen molar-refractivity contribution in [2.45, 2.75) is 38.3 Å². The van der Waals surface area contributed by atoms with Gasteiger partial charge in [0.2, 0.25) is 0 Å². The summed E-state index contributed by atoms with van der Waals surface area (Å²) >= 11 is 12.1. The summed E-state index contributed by atoms with van der Waals surface area (Å²) in [6.45, 7) is 3.93. The van der Waals surface area contributed by atoms with Gasteiger partial charge in [0.05, 0.1) is 0 Å². The van der Waals surface area contributed by atoms with E-state index in [0.717, 1.165) is 43.1 Å². The molecule has 1 aliphatic rings. The monoisotopic (exact) mass is 287 g/mol. The predicted octanol–water partition coefficient (Wildman–Crippen LogP) is 3.69. The van der Waals surface area contributed by atoms with E-state index in [4.69, 9.17) is 27.9 Å².